The van der Waals surface area contributed by atoms with E-state index in [9.17, 15) is 9.59 Å². The maximum atomic E-state index is 13.8. The minimum Gasteiger partial charge on any atom is -0.496 e. The van der Waals surface area contributed by atoms with Gasteiger partial charge >= 0.3 is 5.97 Å². The van der Waals surface area contributed by atoms with Crippen LogP contribution in [0.15, 0.2) is 93.9 Å². The van der Waals surface area contributed by atoms with Crippen LogP contribution < -0.4 is 24.4 Å². The van der Waals surface area contributed by atoms with Crippen LogP contribution in [0.4, 0.5) is 0 Å². The van der Waals surface area contributed by atoms with E-state index in [2.05, 4.69) is 4.99 Å². The van der Waals surface area contributed by atoms with E-state index in [1.807, 2.05) is 66.7 Å². The molecular weight excluding hydrogens is 536 g/mol. The van der Waals surface area contributed by atoms with Gasteiger partial charge < -0.3 is 14.2 Å². The van der Waals surface area contributed by atoms with Crippen molar-refractivity contribution < 1.29 is 19.0 Å². The van der Waals surface area contributed by atoms with Gasteiger partial charge in [-0.1, -0.05) is 65.4 Å². The van der Waals surface area contributed by atoms with Crippen LogP contribution in [-0.4, -0.2) is 24.8 Å². The highest BCUT2D eigenvalue weighted by Gasteiger charge is 2.32. The zero-order valence-corrected chi connectivity index (χ0v) is 23.1. The van der Waals surface area contributed by atoms with Crippen molar-refractivity contribution in [2.45, 2.75) is 19.6 Å². The van der Waals surface area contributed by atoms with Crippen LogP contribution in [0.1, 0.15) is 29.7 Å². The molecule has 0 fully saturated rings. The smallest absolute Gasteiger partial charge is 0.338 e. The molecule has 1 aliphatic rings. The second-order valence-corrected chi connectivity index (χ2v) is 10.2. The summed E-state index contributed by atoms with van der Waals surface area (Å²) >= 11 is 7.35. The topological polar surface area (TPSA) is 79.1 Å². The molecule has 0 spiro atoms. The standard InChI is InChI=1S/C30H25ClN2O5S/c1-18-26(29(35)37-3)27(20-8-5-4-6-9-20)33-28(34)25(39-30(33)32-18)15-19-12-13-24(36-2)21(14-19)17-38-23-11-7-10-22(31)16-23/h4-16,27H,17H2,1-3H3/b25-15+. The van der Waals surface area contributed by atoms with E-state index in [1.165, 1.54) is 18.4 Å². The highest BCUT2D eigenvalue weighted by atomic mass is 35.5. The van der Waals surface area contributed by atoms with Gasteiger partial charge in [-0.3, -0.25) is 9.36 Å². The van der Waals surface area contributed by atoms with E-state index in [-0.39, 0.29) is 12.2 Å². The molecule has 5 rings (SSSR count). The summed E-state index contributed by atoms with van der Waals surface area (Å²) in [5, 5.41) is 0.586. The predicted octanol–water partition coefficient (Wildman–Crippen LogP) is 4.65. The summed E-state index contributed by atoms with van der Waals surface area (Å²) in [7, 11) is 2.92. The highest BCUT2D eigenvalue weighted by molar-refractivity contribution is 7.07. The Morgan fingerprint density at radius 3 is 2.59 bits per heavy atom. The van der Waals surface area contributed by atoms with Crippen LogP contribution in [0.3, 0.4) is 0 Å². The third-order valence-electron chi connectivity index (χ3n) is 6.33. The number of benzene rings is 3. The number of fused-ring (bicyclic) bond motifs is 1. The van der Waals surface area contributed by atoms with Crippen LogP contribution in [0.5, 0.6) is 11.5 Å². The fourth-order valence-electron chi connectivity index (χ4n) is 4.51. The third kappa shape index (κ3) is 5.39. The molecule has 1 atom stereocenters. The van der Waals surface area contributed by atoms with Gasteiger partial charge in [0.15, 0.2) is 4.80 Å². The first-order valence-electron chi connectivity index (χ1n) is 12.1. The zero-order valence-electron chi connectivity index (χ0n) is 21.5. The largest absolute Gasteiger partial charge is 0.496 e. The zero-order chi connectivity index (χ0) is 27.5. The fourth-order valence-corrected chi connectivity index (χ4v) is 5.74. The van der Waals surface area contributed by atoms with Crippen molar-refractivity contribution >= 4 is 35.0 Å². The minimum absolute atomic E-state index is 0.242. The molecule has 0 amide bonds. The first kappa shape index (κ1) is 26.5. The molecule has 0 saturated carbocycles. The van der Waals surface area contributed by atoms with E-state index in [1.54, 1.807) is 30.7 Å². The maximum Gasteiger partial charge on any atom is 0.338 e. The van der Waals surface area contributed by atoms with Gasteiger partial charge in [0.25, 0.3) is 5.56 Å². The van der Waals surface area contributed by atoms with Crippen molar-refractivity contribution in [1.29, 1.82) is 0 Å². The monoisotopic (exact) mass is 560 g/mol. The number of thiazole rings is 1. The molecule has 0 radical (unpaired) electrons. The first-order valence-corrected chi connectivity index (χ1v) is 13.3. The Morgan fingerprint density at radius 1 is 1.08 bits per heavy atom. The van der Waals surface area contributed by atoms with Crippen LogP contribution >= 0.6 is 22.9 Å². The number of rotatable bonds is 7. The van der Waals surface area contributed by atoms with Gasteiger partial charge in [-0.05, 0) is 54.5 Å². The van der Waals surface area contributed by atoms with E-state index in [0.29, 0.717) is 37.1 Å². The Hall–Kier alpha value is -4.14. The van der Waals surface area contributed by atoms with Crippen molar-refractivity contribution in [2.75, 3.05) is 14.2 Å². The number of methoxy groups -OCH3 is 2. The molecule has 7 nitrogen and oxygen atoms in total. The molecule has 2 heterocycles. The van der Waals surface area contributed by atoms with E-state index in [4.69, 9.17) is 25.8 Å². The van der Waals surface area contributed by atoms with Gasteiger partial charge in [0.1, 0.15) is 18.1 Å². The van der Waals surface area contributed by atoms with E-state index < -0.39 is 12.0 Å². The molecule has 1 aliphatic heterocycles. The normalized spacial score (nSPS) is 15.0. The van der Waals surface area contributed by atoms with E-state index >= 15 is 0 Å². The lowest BCUT2D eigenvalue weighted by Gasteiger charge is -2.24. The van der Waals surface area contributed by atoms with Crippen molar-refractivity contribution in [2.24, 2.45) is 4.99 Å². The number of hydrogen-bond acceptors (Lipinski definition) is 7. The Morgan fingerprint density at radius 2 is 1.87 bits per heavy atom. The van der Waals surface area contributed by atoms with Crippen molar-refractivity contribution in [3.05, 3.63) is 125 Å². The molecule has 39 heavy (non-hydrogen) atoms. The second kappa shape index (κ2) is 11.3. The lowest BCUT2D eigenvalue weighted by molar-refractivity contribution is -0.136. The molecule has 1 aromatic heterocycles. The molecule has 4 aromatic rings. The predicted molar refractivity (Wildman–Crippen MR) is 151 cm³/mol. The number of allylic oxidation sites excluding steroid dienone is 1. The maximum absolute atomic E-state index is 13.8. The number of esters is 1. The van der Waals surface area contributed by atoms with Gasteiger partial charge in [-0.25, -0.2) is 9.79 Å². The number of ether oxygens (including phenoxy) is 3. The summed E-state index contributed by atoms with van der Waals surface area (Å²) in [5.41, 5.74) is 3.02. The Labute approximate surface area is 233 Å². The lowest BCUT2D eigenvalue weighted by Crippen LogP contribution is -2.39. The highest BCUT2D eigenvalue weighted by Crippen LogP contribution is 2.30. The van der Waals surface area contributed by atoms with Crippen molar-refractivity contribution in [3.63, 3.8) is 0 Å². The lowest BCUT2D eigenvalue weighted by atomic mass is 9.96. The average Bonchev–Trinajstić information content (AvgIpc) is 3.25. The van der Waals surface area contributed by atoms with E-state index in [0.717, 1.165) is 16.7 Å². The second-order valence-electron chi connectivity index (χ2n) is 8.80. The Bertz CT molecular complexity index is 1760. The summed E-state index contributed by atoms with van der Waals surface area (Å²) in [4.78, 5) is 31.6. The van der Waals surface area contributed by atoms with Gasteiger partial charge in [-0.2, -0.15) is 0 Å². The summed E-state index contributed by atoms with van der Waals surface area (Å²) in [6.07, 6.45) is 1.81. The number of nitrogens with zero attached hydrogens (tertiary/aromatic N) is 2. The quantitative estimate of drug-likeness (QED) is 0.307. The van der Waals surface area contributed by atoms with Crippen LogP contribution in [0.2, 0.25) is 5.02 Å². The Kier molecular flexibility index (Phi) is 7.67. The molecule has 3 aromatic carbocycles. The summed E-state index contributed by atoms with van der Waals surface area (Å²) in [5.74, 6) is 0.790. The summed E-state index contributed by atoms with van der Waals surface area (Å²) < 4.78 is 18.6. The Balaban J connectivity index is 1.57. The molecule has 9 heteroatoms. The van der Waals surface area contributed by atoms with Gasteiger partial charge in [-0.15, -0.1) is 0 Å². The third-order valence-corrected chi connectivity index (χ3v) is 7.55. The van der Waals surface area contributed by atoms with Gasteiger partial charge in [0.2, 0.25) is 0 Å². The number of carbonyl (C=O) groups excluding carboxylic acids is 1. The van der Waals surface area contributed by atoms with Gasteiger partial charge in [0, 0.05) is 10.6 Å². The van der Waals surface area contributed by atoms with Crippen molar-refractivity contribution in [1.82, 2.24) is 4.57 Å². The van der Waals surface area contributed by atoms with Crippen LogP contribution in [0, 0.1) is 0 Å². The number of carbonyl (C=O) groups is 1. The first-order chi connectivity index (χ1) is 18.9. The van der Waals surface area contributed by atoms with Crippen LogP contribution in [0.25, 0.3) is 6.08 Å². The van der Waals surface area contributed by atoms with Crippen molar-refractivity contribution in [3.8, 4) is 11.5 Å². The molecular formula is C30H25ClN2O5S. The molecule has 1 unspecified atom stereocenters. The minimum atomic E-state index is -0.644. The molecule has 0 N–H and O–H groups in total. The van der Waals surface area contributed by atoms with Gasteiger partial charge in [0.05, 0.1) is 36.1 Å². The number of hydrogen-bond donors (Lipinski definition) is 0. The molecule has 0 bridgehead atoms. The summed E-state index contributed by atoms with van der Waals surface area (Å²) in [6, 6.07) is 21.6. The van der Waals surface area contributed by atoms with Crippen LogP contribution in [-0.2, 0) is 16.1 Å². The fraction of sp³-hybridized carbons (Fsp3) is 0.167. The summed E-state index contributed by atoms with van der Waals surface area (Å²) in [6.45, 7) is 2.01. The number of aromatic nitrogens is 1. The molecule has 0 aliphatic carbocycles. The molecule has 198 valence electrons. The average molecular weight is 561 g/mol. The molecule has 0 saturated heterocycles. The SMILES string of the molecule is COC(=O)C1=C(C)N=c2s/c(=C/c3ccc(OC)c(COc4cccc(Cl)c4)c3)c(=O)n2C1c1ccccc1. The number of halogens is 1.